The van der Waals surface area contributed by atoms with E-state index in [2.05, 4.69) is 52.6 Å². The second-order valence-corrected chi connectivity index (χ2v) is 12.7. The maximum Gasteiger partial charge on any atom is 0.193 e. The Labute approximate surface area is 128 Å². The average Bonchev–Trinajstić information content (AvgIpc) is 2.26. The summed E-state index contributed by atoms with van der Waals surface area (Å²) in [5.41, 5.74) is 0.356. The summed E-state index contributed by atoms with van der Waals surface area (Å²) in [6.07, 6.45) is 8.00. The van der Waals surface area contributed by atoms with E-state index in [1.165, 1.54) is 38.5 Å². The van der Waals surface area contributed by atoms with E-state index in [-0.39, 0.29) is 11.1 Å². The highest BCUT2D eigenvalue weighted by Gasteiger charge is 2.48. The van der Waals surface area contributed by atoms with E-state index in [0.29, 0.717) is 5.41 Å². The molecule has 0 radical (unpaired) electrons. The molecular weight excluding hydrogens is 260 g/mol. The van der Waals surface area contributed by atoms with Crippen LogP contribution >= 0.6 is 0 Å². The Kier molecular flexibility index (Phi) is 5.93. The monoisotopic (exact) mass is 294 g/mol. The molecule has 116 valence electrons. The minimum atomic E-state index is -1.74. The molecule has 1 fully saturated rings. The Balaban J connectivity index is 2.90. The predicted octanol–water partition coefficient (Wildman–Crippen LogP) is 5.76. The molecule has 0 aliphatic heterocycles. The Morgan fingerprint density at radius 1 is 1.25 bits per heavy atom. The van der Waals surface area contributed by atoms with Crippen molar-refractivity contribution in [1.29, 1.82) is 0 Å². The van der Waals surface area contributed by atoms with Crippen molar-refractivity contribution in [3.05, 3.63) is 0 Å². The SMILES string of the molecule is CC#CC(O[Si](C)(C)C(C)(C)C)C1(CCCC)CCC1. The van der Waals surface area contributed by atoms with Crippen molar-refractivity contribution in [2.24, 2.45) is 5.41 Å². The molecule has 0 saturated heterocycles. The highest BCUT2D eigenvalue weighted by atomic mass is 28.4. The van der Waals surface area contributed by atoms with Crippen molar-refractivity contribution in [3.8, 4) is 11.8 Å². The van der Waals surface area contributed by atoms with Crippen molar-refractivity contribution in [1.82, 2.24) is 0 Å². The molecule has 0 bridgehead atoms. The van der Waals surface area contributed by atoms with Gasteiger partial charge in [0.15, 0.2) is 8.32 Å². The zero-order valence-corrected chi connectivity index (χ0v) is 15.7. The summed E-state index contributed by atoms with van der Waals surface area (Å²) in [5.74, 6) is 6.56. The molecule has 1 aliphatic rings. The van der Waals surface area contributed by atoms with Gasteiger partial charge in [0.1, 0.15) is 6.10 Å². The van der Waals surface area contributed by atoms with Crippen LogP contribution < -0.4 is 0 Å². The molecule has 0 aromatic carbocycles. The summed E-state index contributed by atoms with van der Waals surface area (Å²) in [5, 5.41) is 0.260. The quantitative estimate of drug-likeness (QED) is 0.447. The number of hydrogen-bond acceptors (Lipinski definition) is 1. The van der Waals surface area contributed by atoms with Crippen LogP contribution in [0, 0.1) is 17.3 Å². The lowest BCUT2D eigenvalue weighted by atomic mass is 9.62. The molecule has 1 saturated carbocycles. The van der Waals surface area contributed by atoms with E-state index in [0.717, 1.165) is 0 Å². The minimum Gasteiger partial charge on any atom is -0.403 e. The molecule has 20 heavy (non-hydrogen) atoms. The summed E-state index contributed by atoms with van der Waals surface area (Å²) in [6.45, 7) is 15.9. The fourth-order valence-corrected chi connectivity index (χ4v) is 3.96. The van der Waals surface area contributed by atoms with Gasteiger partial charge in [-0.1, -0.05) is 52.9 Å². The molecule has 0 aromatic heterocycles. The summed E-state index contributed by atoms with van der Waals surface area (Å²) in [6, 6.07) is 0. The Morgan fingerprint density at radius 2 is 1.85 bits per heavy atom. The molecule has 1 nitrogen and oxygen atoms in total. The van der Waals surface area contributed by atoms with Crippen LogP contribution in [-0.2, 0) is 4.43 Å². The molecule has 1 rings (SSSR count). The van der Waals surface area contributed by atoms with E-state index in [9.17, 15) is 0 Å². The third kappa shape index (κ3) is 3.89. The first-order valence-corrected chi connectivity index (χ1v) is 11.2. The third-order valence-corrected chi connectivity index (χ3v) is 9.87. The van der Waals surface area contributed by atoms with Gasteiger partial charge >= 0.3 is 0 Å². The van der Waals surface area contributed by atoms with E-state index >= 15 is 0 Å². The topological polar surface area (TPSA) is 9.23 Å². The maximum absolute atomic E-state index is 6.71. The van der Waals surface area contributed by atoms with Crippen LogP contribution in [0.2, 0.25) is 18.1 Å². The van der Waals surface area contributed by atoms with E-state index in [4.69, 9.17) is 4.43 Å². The lowest BCUT2D eigenvalue weighted by Gasteiger charge is -2.50. The first-order valence-electron chi connectivity index (χ1n) is 8.28. The standard InChI is InChI=1S/C18H34OSi/c1-8-10-13-18(14-11-15-18)16(12-9-2)19-20(6,7)17(3,4)5/h16H,8,10-11,13-15H2,1-7H3. The van der Waals surface area contributed by atoms with Gasteiger partial charge in [-0.25, -0.2) is 0 Å². The predicted molar refractivity (Wildman–Crippen MR) is 91.3 cm³/mol. The zero-order chi connectivity index (χ0) is 15.4. The van der Waals surface area contributed by atoms with Crippen LogP contribution in [0.3, 0.4) is 0 Å². The number of unbranched alkanes of at least 4 members (excludes halogenated alkanes) is 1. The van der Waals surface area contributed by atoms with Crippen LogP contribution in [0.4, 0.5) is 0 Å². The fourth-order valence-electron chi connectivity index (χ4n) is 2.71. The van der Waals surface area contributed by atoms with E-state index in [1.54, 1.807) is 0 Å². The minimum absolute atomic E-state index is 0.161. The van der Waals surface area contributed by atoms with Crippen LogP contribution in [0.25, 0.3) is 0 Å². The first kappa shape index (κ1) is 17.8. The van der Waals surface area contributed by atoms with Crippen molar-refractivity contribution in [2.75, 3.05) is 0 Å². The lowest BCUT2D eigenvalue weighted by Crippen LogP contribution is -2.51. The zero-order valence-electron chi connectivity index (χ0n) is 14.7. The van der Waals surface area contributed by atoms with Gasteiger partial charge in [-0.05, 0) is 44.3 Å². The molecule has 0 amide bonds. The van der Waals surface area contributed by atoms with Gasteiger partial charge in [0, 0.05) is 5.41 Å². The van der Waals surface area contributed by atoms with Gasteiger partial charge in [0.2, 0.25) is 0 Å². The maximum atomic E-state index is 6.71. The molecule has 1 unspecified atom stereocenters. The highest BCUT2D eigenvalue weighted by molar-refractivity contribution is 6.74. The summed E-state index contributed by atoms with van der Waals surface area (Å²) < 4.78 is 6.71. The summed E-state index contributed by atoms with van der Waals surface area (Å²) in [7, 11) is -1.74. The normalized spacial score (nSPS) is 19.8. The molecule has 1 atom stereocenters. The van der Waals surface area contributed by atoms with Crippen molar-refractivity contribution >= 4 is 8.32 Å². The summed E-state index contributed by atoms with van der Waals surface area (Å²) >= 11 is 0. The first-order chi connectivity index (χ1) is 9.18. The van der Waals surface area contributed by atoms with Crippen LogP contribution in [0.15, 0.2) is 0 Å². The van der Waals surface area contributed by atoms with Crippen LogP contribution in [-0.4, -0.2) is 14.4 Å². The van der Waals surface area contributed by atoms with Gasteiger partial charge in [-0.15, -0.1) is 5.92 Å². The molecule has 0 aromatic rings. The number of rotatable bonds is 6. The highest BCUT2D eigenvalue weighted by Crippen LogP contribution is 2.51. The summed E-state index contributed by atoms with van der Waals surface area (Å²) in [4.78, 5) is 0. The van der Waals surface area contributed by atoms with Crippen molar-refractivity contribution in [3.63, 3.8) is 0 Å². The Hall–Kier alpha value is -0.263. The Bertz CT molecular complexity index is 363. The van der Waals surface area contributed by atoms with Gasteiger partial charge in [-0.2, -0.15) is 0 Å². The third-order valence-electron chi connectivity index (χ3n) is 5.43. The lowest BCUT2D eigenvalue weighted by molar-refractivity contribution is -0.00114. The molecule has 0 heterocycles. The molecular formula is C18H34OSi. The van der Waals surface area contributed by atoms with E-state index < -0.39 is 8.32 Å². The van der Waals surface area contributed by atoms with Gasteiger partial charge in [0.25, 0.3) is 0 Å². The largest absolute Gasteiger partial charge is 0.403 e. The van der Waals surface area contributed by atoms with Crippen LogP contribution in [0.5, 0.6) is 0 Å². The average molecular weight is 295 g/mol. The fraction of sp³-hybridized carbons (Fsp3) is 0.889. The van der Waals surface area contributed by atoms with Crippen LogP contribution in [0.1, 0.15) is 73.1 Å². The van der Waals surface area contributed by atoms with Crippen molar-refractivity contribution in [2.45, 2.75) is 97.4 Å². The molecule has 0 spiro atoms. The van der Waals surface area contributed by atoms with Gasteiger partial charge < -0.3 is 4.43 Å². The smallest absolute Gasteiger partial charge is 0.193 e. The molecule has 1 aliphatic carbocycles. The Morgan fingerprint density at radius 3 is 2.20 bits per heavy atom. The molecule has 0 N–H and O–H groups in total. The second-order valence-electron chi connectivity index (χ2n) is 7.97. The second kappa shape index (κ2) is 6.67. The van der Waals surface area contributed by atoms with E-state index in [1.807, 2.05) is 6.92 Å². The molecule has 2 heteroatoms. The van der Waals surface area contributed by atoms with Gasteiger partial charge in [0.05, 0.1) is 0 Å². The van der Waals surface area contributed by atoms with Crippen molar-refractivity contribution < 1.29 is 4.43 Å². The van der Waals surface area contributed by atoms with Gasteiger partial charge in [-0.3, -0.25) is 0 Å². The number of hydrogen-bond donors (Lipinski definition) is 0.